The van der Waals surface area contributed by atoms with Crippen molar-refractivity contribution in [2.75, 3.05) is 7.05 Å². The van der Waals surface area contributed by atoms with Gasteiger partial charge in [-0.25, -0.2) is 0 Å². The van der Waals surface area contributed by atoms with E-state index in [4.69, 9.17) is 0 Å². The molecule has 3 rings (SSSR count). The summed E-state index contributed by atoms with van der Waals surface area (Å²) in [5, 5.41) is 3.47. The zero-order valence-corrected chi connectivity index (χ0v) is 10.4. The minimum absolute atomic E-state index is 0.535. The number of fused-ring (bicyclic) bond motifs is 2. The fourth-order valence-corrected chi connectivity index (χ4v) is 4.13. The summed E-state index contributed by atoms with van der Waals surface area (Å²) < 4.78 is 0. The average molecular weight is 195 g/mol. The molecule has 82 valence electrons. The molecule has 1 heteroatoms. The molecule has 3 aliphatic carbocycles. The van der Waals surface area contributed by atoms with Gasteiger partial charge in [-0.05, 0) is 55.9 Å². The Balaban J connectivity index is 2.21. The maximum absolute atomic E-state index is 3.47. The van der Waals surface area contributed by atoms with Gasteiger partial charge in [0, 0.05) is 6.04 Å². The average Bonchev–Trinajstić information content (AvgIpc) is 2.16. The Kier molecular flexibility index (Phi) is 2.23. The van der Waals surface area contributed by atoms with Gasteiger partial charge in [0.2, 0.25) is 0 Å². The highest BCUT2D eigenvalue weighted by Crippen LogP contribution is 2.66. The van der Waals surface area contributed by atoms with Gasteiger partial charge in [-0.3, -0.25) is 0 Å². The first-order chi connectivity index (χ1) is 6.43. The van der Waals surface area contributed by atoms with Crippen molar-refractivity contribution in [2.24, 2.45) is 22.7 Å². The number of hydrogen-bond donors (Lipinski definition) is 1. The minimum atomic E-state index is 0.535. The van der Waals surface area contributed by atoms with Crippen LogP contribution in [0.5, 0.6) is 0 Å². The van der Waals surface area contributed by atoms with E-state index in [2.05, 4.69) is 40.1 Å². The molecule has 4 atom stereocenters. The lowest BCUT2D eigenvalue weighted by molar-refractivity contribution is -0.159. The molecule has 1 N–H and O–H groups in total. The molecule has 0 aromatic carbocycles. The van der Waals surface area contributed by atoms with E-state index in [0.29, 0.717) is 16.9 Å². The SMILES string of the molecule is CNC(C)C1(C)CCC2CC1C2(C)C. The summed E-state index contributed by atoms with van der Waals surface area (Å²) in [6.07, 6.45) is 4.36. The van der Waals surface area contributed by atoms with E-state index in [9.17, 15) is 0 Å². The molecule has 0 aromatic rings. The van der Waals surface area contributed by atoms with Crippen LogP contribution in [0.2, 0.25) is 0 Å². The van der Waals surface area contributed by atoms with E-state index < -0.39 is 0 Å². The second-order valence-corrected chi connectivity index (χ2v) is 6.36. The summed E-state index contributed by atoms with van der Waals surface area (Å²) in [4.78, 5) is 0. The van der Waals surface area contributed by atoms with Crippen molar-refractivity contribution >= 4 is 0 Å². The summed E-state index contributed by atoms with van der Waals surface area (Å²) >= 11 is 0. The minimum Gasteiger partial charge on any atom is -0.317 e. The Bertz CT molecular complexity index is 231. The van der Waals surface area contributed by atoms with Gasteiger partial charge in [0.1, 0.15) is 0 Å². The number of hydrogen-bond acceptors (Lipinski definition) is 1. The molecule has 0 spiro atoms. The van der Waals surface area contributed by atoms with Gasteiger partial charge < -0.3 is 5.32 Å². The Labute approximate surface area is 88.7 Å². The van der Waals surface area contributed by atoms with Crippen LogP contribution in [-0.2, 0) is 0 Å². The fourth-order valence-electron chi connectivity index (χ4n) is 4.13. The molecule has 0 aliphatic heterocycles. The van der Waals surface area contributed by atoms with Crippen LogP contribution >= 0.6 is 0 Å². The van der Waals surface area contributed by atoms with Crippen LogP contribution < -0.4 is 5.32 Å². The molecule has 3 aliphatic rings. The molecule has 0 saturated heterocycles. The first kappa shape index (κ1) is 10.5. The third-order valence-electron chi connectivity index (χ3n) is 5.72. The molecule has 4 unspecified atom stereocenters. The normalized spacial score (nSPS) is 46.9. The molecule has 2 bridgehead atoms. The van der Waals surface area contributed by atoms with Crippen LogP contribution in [0.15, 0.2) is 0 Å². The van der Waals surface area contributed by atoms with Crippen molar-refractivity contribution < 1.29 is 0 Å². The molecular weight excluding hydrogens is 170 g/mol. The van der Waals surface area contributed by atoms with E-state index >= 15 is 0 Å². The Morgan fingerprint density at radius 3 is 2.36 bits per heavy atom. The van der Waals surface area contributed by atoms with Crippen LogP contribution in [0.1, 0.15) is 47.0 Å². The van der Waals surface area contributed by atoms with E-state index in [1.807, 2.05) is 0 Å². The summed E-state index contributed by atoms with van der Waals surface area (Å²) in [5.41, 5.74) is 1.14. The van der Waals surface area contributed by atoms with Crippen LogP contribution in [-0.4, -0.2) is 13.1 Å². The lowest BCUT2D eigenvalue weighted by Gasteiger charge is -2.66. The molecule has 0 radical (unpaired) electrons. The summed E-state index contributed by atoms with van der Waals surface area (Å²) in [6.45, 7) is 9.81. The zero-order chi connectivity index (χ0) is 10.6. The van der Waals surface area contributed by atoms with Crippen LogP contribution in [0, 0.1) is 22.7 Å². The van der Waals surface area contributed by atoms with Gasteiger partial charge in [-0.1, -0.05) is 20.8 Å². The van der Waals surface area contributed by atoms with Crippen molar-refractivity contribution in [1.29, 1.82) is 0 Å². The zero-order valence-electron chi connectivity index (χ0n) is 10.4. The highest BCUT2D eigenvalue weighted by atomic mass is 14.9. The molecular formula is C13H25N. The van der Waals surface area contributed by atoms with Crippen molar-refractivity contribution in [1.82, 2.24) is 5.32 Å². The summed E-state index contributed by atoms with van der Waals surface area (Å²) in [6, 6.07) is 0.660. The van der Waals surface area contributed by atoms with Crippen molar-refractivity contribution in [3.05, 3.63) is 0 Å². The first-order valence-corrected chi connectivity index (χ1v) is 6.10. The molecule has 14 heavy (non-hydrogen) atoms. The topological polar surface area (TPSA) is 12.0 Å². The largest absolute Gasteiger partial charge is 0.317 e. The highest BCUT2D eigenvalue weighted by Gasteiger charge is 2.60. The van der Waals surface area contributed by atoms with E-state index in [-0.39, 0.29) is 0 Å². The van der Waals surface area contributed by atoms with E-state index in [0.717, 1.165) is 11.8 Å². The Hall–Kier alpha value is -0.0400. The predicted molar refractivity (Wildman–Crippen MR) is 61.2 cm³/mol. The van der Waals surface area contributed by atoms with Gasteiger partial charge in [-0.2, -0.15) is 0 Å². The summed E-state index contributed by atoms with van der Waals surface area (Å²) in [5.74, 6) is 1.96. The lowest BCUT2D eigenvalue weighted by Crippen LogP contribution is -2.61. The molecule has 0 heterocycles. The third kappa shape index (κ3) is 1.11. The molecule has 1 nitrogen and oxygen atoms in total. The highest BCUT2D eigenvalue weighted by molar-refractivity contribution is 5.10. The molecule has 3 fully saturated rings. The molecule has 0 amide bonds. The van der Waals surface area contributed by atoms with Gasteiger partial charge in [0.05, 0.1) is 0 Å². The number of rotatable bonds is 2. The van der Waals surface area contributed by atoms with Gasteiger partial charge in [0.15, 0.2) is 0 Å². The summed E-state index contributed by atoms with van der Waals surface area (Å²) in [7, 11) is 2.10. The fraction of sp³-hybridized carbons (Fsp3) is 1.00. The van der Waals surface area contributed by atoms with Crippen molar-refractivity contribution in [3.8, 4) is 0 Å². The van der Waals surface area contributed by atoms with Crippen LogP contribution in [0.25, 0.3) is 0 Å². The first-order valence-electron chi connectivity index (χ1n) is 6.10. The second kappa shape index (κ2) is 2.98. The Morgan fingerprint density at radius 1 is 1.29 bits per heavy atom. The smallest absolute Gasteiger partial charge is 0.00924 e. The van der Waals surface area contributed by atoms with Gasteiger partial charge in [-0.15, -0.1) is 0 Å². The van der Waals surface area contributed by atoms with E-state index in [1.165, 1.54) is 19.3 Å². The maximum Gasteiger partial charge on any atom is 0.00924 e. The van der Waals surface area contributed by atoms with E-state index in [1.54, 1.807) is 0 Å². The maximum atomic E-state index is 3.47. The lowest BCUT2D eigenvalue weighted by atomic mass is 9.40. The van der Waals surface area contributed by atoms with Crippen LogP contribution in [0.3, 0.4) is 0 Å². The molecule has 3 saturated carbocycles. The van der Waals surface area contributed by atoms with Gasteiger partial charge in [0.25, 0.3) is 0 Å². The van der Waals surface area contributed by atoms with Crippen molar-refractivity contribution in [3.63, 3.8) is 0 Å². The molecule has 0 aromatic heterocycles. The third-order valence-corrected chi connectivity index (χ3v) is 5.72. The second-order valence-electron chi connectivity index (χ2n) is 6.36. The monoisotopic (exact) mass is 195 g/mol. The standard InChI is InChI=1S/C13H25N/c1-9(14-5)13(4)7-6-10-8-11(13)12(10,2)3/h9-11,14H,6-8H2,1-5H3. The predicted octanol–water partition coefficient (Wildman–Crippen LogP) is 3.06. The number of nitrogens with one attached hydrogen (secondary N) is 1. The van der Waals surface area contributed by atoms with Crippen molar-refractivity contribution in [2.45, 2.75) is 53.0 Å². The Morgan fingerprint density at radius 2 is 1.93 bits per heavy atom. The van der Waals surface area contributed by atoms with Crippen LogP contribution in [0.4, 0.5) is 0 Å². The van der Waals surface area contributed by atoms with Gasteiger partial charge >= 0.3 is 0 Å². The quantitative estimate of drug-likeness (QED) is 0.714.